The van der Waals surface area contributed by atoms with E-state index in [4.69, 9.17) is 10.5 Å². The van der Waals surface area contributed by atoms with Crippen molar-refractivity contribution in [3.63, 3.8) is 0 Å². The minimum Gasteiger partial charge on any atom is -0.468 e. The van der Waals surface area contributed by atoms with Gasteiger partial charge in [-0.3, -0.25) is 14.3 Å². The lowest BCUT2D eigenvalue weighted by Crippen LogP contribution is -2.18. The Bertz CT molecular complexity index is 732. The van der Waals surface area contributed by atoms with Gasteiger partial charge in [0.05, 0.1) is 18.4 Å². The lowest BCUT2D eigenvalue weighted by Gasteiger charge is -2.13. The molecular weight excluding hydrogens is 282 g/mol. The van der Waals surface area contributed by atoms with Crippen LogP contribution in [0.4, 0.5) is 5.69 Å². The number of hydrogen-bond acceptors (Lipinski definition) is 5. The molecule has 2 aromatic rings. The van der Waals surface area contributed by atoms with E-state index in [2.05, 4.69) is 5.10 Å². The highest BCUT2D eigenvalue weighted by atomic mass is 16.5. The average Bonchev–Trinajstić information content (AvgIpc) is 2.88. The number of ketones is 1. The number of carbonyl (C=O) groups is 2. The monoisotopic (exact) mass is 299 g/mol. The summed E-state index contributed by atoms with van der Waals surface area (Å²) in [5, 5.41) is 4.48. The number of carbonyl (C=O) groups excluding carboxylic acids is 2. The normalized spacial score (nSPS) is 13.8. The number of fused-ring (bicyclic) bond motifs is 1. The second-order valence-electron chi connectivity index (χ2n) is 5.30. The Hall–Kier alpha value is -2.63. The Morgan fingerprint density at radius 3 is 2.73 bits per heavy atom. The summed E-state index contributed by atoms with van der Waals surface area (Å²) in [5.74, 6) is -0.309. The molecule has 0 fully saturated rings. The van der Waals surface area contributed by atoms with E-state index in [1.165, 1.54) is 7.11 Å². The van der Waals surface area contributed by atoms with E-state index < -0.39 is 0 Å². The maximum absolute atomic E-state index is 12.3. The highest BCUT2D eigenvalue weighted by Gasteiger charge is 2.28. The van der Waals surface area contributed by atoms with Gasteiger partial charge in [-0.1, -0.05) is 12.1 Å². The summed E-state index contributed by atoms with van der Waals surface area (Å²) in [6.45, 7) is 0.0150. The standard InChI is InChI=1S/C16H17N3O3/c1-22-14(21)9-19-12-3-2-4-13(20)15(12)16(18-19)10-5-7-11(17)8-6-10/h5-8H,2-4,9,17H2,1H3. The minimum absolute atomic E-state index is 0.0150. The van der Waals surface area contributed by atoms with Gasteiger partial charge in [-0.15, -0.1) is 0 Å². The molecule has 6 heteroatoms. The van der Waals surface area contributed by atoms with Crippen LogP contribution in [0, 0.1) is 0 Å². The number of nitrogen functional groups attached to an aromatic ring is 1. The highest BCUT2D eigenvalue weighted by molar-refractivity contribution is 6.03. The Balaban J connectivity index is 2.11. The number of anilines is 1. The molecule has 22 heavy (non-hydrogen) atoms. The zero-order valence-corrected chi connectivity index (χ0v) is 12.3. The number of nitrogens with two attached hydrogens (primary N) is 1. The summed E-state index contributed by atoms with van der Waals surface area (Å²) in [4.78, 5) is 23.9. The van der Waals surface area contributed by atoms with E-state index in [1.807, 2.05) is 12.1 Å². The van der Waals surface area contributed by atoms with Crippen LogP contribution in [0.5, 0.6) is 0 Å². The van der Waals surface area contributed by atoms with Gasteiger partial charge in [-0.2, -0.15) is 5.10 Å². The predicted octanol–water partition coefficient (Wildman–Crippen LogP) is 1.82. The molecule has 2 N–H and O–H groups in total. The maximum Gasteiger partial charge on any atom is 0.327 e. The summed E-state index contributed by atoms with van der Waals surface area (Å²) in [7, 11) is 1.34. The lowest BCUT2D eigenvalue weighted by atomic mass is 9.92. The summed E-state index contributed by atoms with van der Waals surface area (Å²) in [5.41, 5.74) is 9.23. The van der Waals surface area contributed by atoms with Gasteiger partial charge in [0.2, 0.25) is 0 Å². The van der Waals surface area contributed by atoms with Crippen molar-refractivity contribution in [3.8, 4) is 11.3 Å². The van der Waals surface area contributed by atoms with Gasteiger partial charge in [0, 0.05) is 17.7 Å². The first-order valence-corrected chi connectivity index (χ1v) is 7.15. The second kappa shape index (κ2) is 5.63. The van der Waals surface area contributed by atoms with E-state index in [9.17, 15) is 9.59 Å². The molecule has 6 nitrogen and oxygen atoms in total. The number of methoxy groups -OCH3 is 1. The SMILES string of the molecule is COC(=O)Cn1nc(-c2ccc(N)cc2)c2c1CCCC2=O. The Morgan fingerprint density at radius 2 is 2.05 bits per heavy atom. The van der Waals surface area contributed by atoms with E-state index in [0.29, 0.717) is 23.4 Å². The van der Waals surface area contributed by atoms with Crippen molar-refractivity contribution in [2.24, 2.45) is 0 Å². The molecule has 3 rings (SSSR count). The van der Waals surface area contributed by atoms with Gasteiger partial charge >= 0.3 is 5.97 Å². The quantitative estimate of drug-likeness (QED) is 0.690. The number of ether oxygens (including phenoxy) is 1. The van der Waals surface area contributed by atoms with Gasteiger partial charge < -0.3 is 10.5 Å². The number of esters is 1. The molecule has 0 unspecified atom stereocenters. The van der Waals surface area contributed by atoms with Crippen molar-refractivity contribution in [3.05, 3.63) is 35.5 Å². The first-order valence-electron chi connectivity index (χ1n) is 7.15. The summed E-state index contributed by atoms with van der Waals surface area (Å²) in [6, 6.07) is 7.22. The number of Topliss-reactive ketones (excluding diaryl/α,β-unsaturated/α-hetero) is 1. The molecule has 0 saturated carbocycles. The molecule has 0 aliphatic heterocycles. The molecule has 0 amide bonds. The topological polar surface area (TPSA) is 87.2 Å². The molecule has 0 radical (unpaired) electrons. The third kappa shape index (κ3) is 2.47. The van der Waals surface area contributed by atoms with Crippen LogP contribution >= 0.6 is 0 Å². The zero-order chi connectivity index (χ0) is 15.7. The molecule has 0 bridgehead atoms. The number of nitrogens with zero attached hydrogens (tertiary/aromatic N) is 2. The molecule has 0 spiro atoms. The van der Waals surface area contributed by atoms with Crippen molar-refractivity contribution in [2.45, 2.75) is 25.8 Å². The van der Waals surface area contributed by atoms with Gasteiger partial charge in [0.25, 0.3) is 0 Å². The van der Waals surface area contributed by atoms with Crippen molar-refractivity contribution in [2.75, 3.05) is 12.8 Å². The molecule has 1 aromatic carbocycles. The fraction of sp³-hybridized carbons (Fsp3) is 0.312. The van der Waals surface area contributed by atoms with Gasteiger partial charge in [-0.25, -0.2) is 0 Å². The maximum atomic E-state index is 12.3. The minimum atomic E-state index is -0.382. The largest absolute Gasteiger partial charge is 0.468 e. The number of rotatable bonds is 3. The first-order chi connectivity index (χ1) is 10.6. The van der Waals surface area contributed by atoms with Crippen LogP contribution < -0.4 is 5.73 Å². The van der Waals surface area contributed by atoms with Crippen LogP contribution in [0.15, 0.2) is 24.3 Å². The molecule has 114 valence electrons. The smallest absolute Gasteiger partial charge is 0.327 e. The van der Waals surface area contributed by atoms with Crippen LogP contribution in [0.3, 0.4) is 0 Å². The summed E-state index contributed by atoms with van der Waals surface area (Å²) >= 11 is 0. The van der Waals surface area contributed by atoms with Crippen molar-refractivity contribution < 1.29 is 14.3 Å². The predicted molar refractivity (Wildman–Crippen MR) is 81.4 cm³/mol. The van der Waals surface area contributed by atoms with Crippen molar-refractivity contribution in [1.82, 2.24) is 9.78 Å². The summed E-state index contributed by atoms with van der Waals surface area (Å²) < 4.78 is 6.29. The average molecular weight is 299 g/mol. The van der Waals surface area contributed by atoms with Crippen LogP contribution in [-0.4, -0.2) is 28.6 Å². The zero-order valence-electron chi connectivity index (χ0n) is 12.3. The molecule has 1 aliphatic rings. The molecule has 1 heterocycles. The van der Waals surface area contributed by atoms with E-state index in [1.54, 1.807) is 16.8 Å². The number of aromatic nitrogens is 2. The fourth-order valence-corrected chi connectivity index (χ4v) is 2.75. The van der Waals surface area contributed by atoms with Crippen LogP contribution in [0.25, 0.3) is 11.3 Å². The molecule has 0 atom stereocenters. The molecular formula is C16H17N3O3. The van der Waals surface area contributed by atoms with E-state index >= 15 is 0 Å². The van der Waals surface area contributed by atoms with Crippen molar-refractivity contribution >= 4 is 17.4 Å². The number of hydrogen-bond donors (Lipinski definition) is 1. The Morgan fingerprint density at radius 1 is 1.32 bits per heavy atom. The van der Waals surface area contributed by atoms with E-state index in [-0.39, 0.29) is 18.3 Å². The number of benzene rings is 1. The Labute approximate surface area is 127 Å². The Kier molecular flexibility index (Phi) is 3.66. The van der Waals surface area contributed by atoms with Crippen LogP contribution in [0.1, 0.15) is 28.9 Å². The molecule has 1 aliphatic carbocycles. The third-order valence-corrected chi connectivity index (χ3v) is 3.84. The lowest BCUT2D eigenvalue weighted by molar-refractivity contribution is -0.141. The third-order valence-electron chi connectivity index (χ3n) is 3.84. The van der Waals surface area contributed by atoms with Crippen LogP contribution in [-0.2, 0) is 22.5 Å². The van der Waals surface area contributed by atoms with Gasteiger partial charge in [-0.05, 0) is 25.0 Å². The first kappa shape index (κ1) is 14.3. The van der Waals surface area contributed by atoms with Gasteiger partial charge in [0.1, 0.15) is 12.2 Å². The van der Waals surface area contributed by atoms with E-state index in [0.717, 1.165) is 24.1 Å². The van der Waals surface area contributed by atoms with Crippen LogP contribution in [0.2, 0.25) is 0 Å². The van der Waals surface area contributed by atoms with Crippen molar-refractivity contribution in [1.29, 1.82) is 0 Å². The fourth-order valence-electron chi connectivity index (χ4n) is 2.75. The van der Waals surface area contributed by atoms with Gasteiger partial charge in [0.15, 0.2) is 5.78 Å². The molecule has 1 aromatic heterocycles. The summed E-state index contributed by atoms with van der Waals surface area (Å²) in [6.07, 6.45) is 2.03. The second-order valence-corrected chi connectivity index (χ2v) is 5.30. The molecule has 0 saturated heterocycles. The highest BCUT2D eigenvalue weighted by Crippen LogP contribution is 2.31.